The van der Waals surface area contributed by atoms with Gasteiger partial charge in [-0.15, -0.1) is 0 Å². The molecule has 11 nitrogen and oxygen atoms in total. The van der Waals surface area contributed by atoms with Crippen LogP contribution in [0.4, 0.5) is 11.6 Å². The highest BCUT2D eigenvalue weighted by atomic mass is 16.1. The quantitative estimate of drug-likeness (QED) is 0.475. The van der Waals surface area contributed by atoms with Crippen LogP contribution in [0.2, 0.25) is 0 Å². The van der Waals surface area contributed by atoms with E-state index >= 15 is 0 Å². The topological polar surface area (TPSA) is 156 Å². The molecular formula is C17H16N10O. The number of H-pyrrole nitrogens is 1. The molecule has 0 fully saturated rings. The predicted octanol–water partition coefficient (Wildman–Crippen LogP) is 0.934. The maximum atomic E-state index is 13.1. The summed E-state index contributed by atoms with van der Waals surface area (Å²) in [5.41, 5.74) is 6.83. The summed E-state index contributed by atoms with van der Waals surface area (Å²) < 4.78 is 2.93. The molecule has 0 unspecified atom stereocenters. The Balaban J connectivity index is 1.87. The van der Waals surface area contributed by atoms with E-state index in [1.807, 2.05) is 13.0 Å². The molecule has 0 radical (unpaired) electrons. The minimum atomic E-state index is -0.502. The second-order valence-electron chi connectivity index (χ2n) is 6.21. The van der Waals surface area contributed by atoms with E-state index in [1.165, 1.54) is 15.4 Å². The summed E-state index contributed by atoms with van der Waals surface area (Å²) in [6.45, 7) is 3.64. The molecule has 4 rings (SSSR count). The molecule has 4 aromatic rings. The van der Waals surface area contributed by atoms with E-state index in [-0.39, 0.29) is 22.8 Å². The smallest absolute Gasteiger partial charge is 0.283 e. The molecule has 0 aliphatic rings. The number of anilines is 2. The van der Waals surface area contributed by atoms with E-state index < -0.39 is 6.04 Å². The van der Waals surface area contributed by atoms with Gasteiger partial charge in [0.1, 0.15) is 35.1 Å². The molecule has 0 aromatic carbocycles. The molecule has 0 aliphatic carbocycles. The number of fused-ring (bicyclic) bond motifs is 1. The van der Waals surface area contributed by atoms with Crippen molar-refractivity contribution >= 4 is 17.2 Å². The zero-order valence-electron chi connectivity index (χ0n) is 15.1. The van der Waals surface area contributed by atoms with Crippen LogP contribution < -0.4 is 16.6 Å². The van der Waals surface area contributed by atoms with E-state index in [0.717, 1.165) is 5.69 Å². The van der Waals surface area contributed by atoms with E-state index in [2.05, 4.69) is 30.6 Å². The van der Waals surface area contributed by atoms with Crippen molar-refractivity contribution in [1.82, 2.24) is 34.3 Å². The monoisotopic (exact) mass is 376 g/mol. The molecule has 0 bridgehead atoms. The standard InChI is InChI=1S/C17H16N10O/c1-9-6-13(24-23-9)27-16(25-26-5-3-4-12(26)17(27)28)10(2)22-15-11(7-18)14(19)20-8-21-15/h3-6,8,10H,1-2H3,(H,23,24)(H3,19,20,21,22)/t10-/m0/s1. The maximum absolute atomic E-state index is 13.1. The van der Waals surface area contributed by atoms with Crippen LogP contribution in [-0.2, 0) is 0 Å². The largest absolute Gasteiger partial charge is 0.382 e. The van der Waals surface area contributed by atoms with Crippen LogP contribution in [0.1, 0.15) is 30.0 Å². The number of aromatic amines is 1. The lowest BCUT2D eigenvalue weighted by molar-refractivity contribution is 0.664. The Morgan fingerprint density at radius 2 is 2.21 bits per heavy atom. The molecule has 0 spiro atoms. The first kappa shape index (κ1) is 17.2. The second-order valence-corrected chi connectivity index (χ2v) is 6.21. The zero-order valence-corrected chi connectivity index (χ0v) is 15.1. The van der Waals surface area contributed by atoms with Crippen molar-refractivity contribution in [2.45, 2.75) is 19.9 Å². The minimum absolute atomic E-state index is 0.0707. The Hall–Kier alpha value is -4.20. The molecule has 0 aliphatic heterocycles. The van der Waals surface area contributed by atoms with Crippen LogP contribution >= 0.6 is 0 Å². The summed E-state index contributed by atoms with van der Waals surface area (Å²) in [6, 6.07) is 6.66. The molecule has 4 heterocycles. The normalized spacial score (nSPS) is 12.0. The van der Waals surface area contributed by atoms with Gasteiger partial charge >= 0.3 is 0 Å². The van der Waals surface area contributed by atoms with Gasteiger partial charge in [-0.3, -0.25) is 9.89 Å². The first-order valence-corrected chi connectivity index (χ1v) is 8.39. The van der Waals surface area contributed by atoms with Crippen molar-refractivity contribution in [3.8, 4) is 11.9 Å². The number of nitrogens with two attached hydrogens (primary N) is 1. The van der Waals surface area contributed by atoms with E-state index in [0.29, 0.717) is 17.2 Å². The van der Waals surface area contributed by atoms with Crippen LogP contribution in [0.3, 0.4) is 0 Å². The van der Waals surface area contributed by atoms with Gasteiger partial charge in [-0.05, 0) is 26.0 Å². The average Bonchev–Trinajstić information content (AvgIpc) is 3.30. The number of nitrogen functional groups attached to an aromatic ring is 1. The second kappa shape index (κ2) is 6.51. The first-order valence-electron chi connectivity index (χ1n) is 8.39. The number of aryl methyl sites for hydroxylation is 1. The Kier molecular flexibility index (Phi) is 4.00. The zero-order chi connectivity index (χ0) is 19.8. The third kappa shape index (κ3) is 2.73. The molecule has 4 N–H and O–H groups in total. The molecule has 11 heteroatoms. The number of nitrogens with zero attached hydrogens (tertiary/aromatic N) is 7. The van der Waals surface area contributed by atoms with Gasteiger partial charge in [-0.2, -0.15) is 15.5 Å². The average molecular weight is 376 g/mol. The Labute approximate surface area is 158 Å². The number of hydrogen-bond acceptors (Lipinski definition) is 8. The lowest BCUT2D eigenvalue weighted by Gasteiger charge is -2.18. The number of aromatic nitrogens is 7. The van der Waals surface area contributed by atoms with Gasteiger partial charge < -0.3 is 11.1 Å². The summed E-state index contributed by atoms with van der Waals surface area (Å²) in [5, 5.41) is 24.0. The van der Waals surface area contributed by atoms with Crippen molar-refractivity contribution in [3.63, 3.8) is 0 Å². The molecule has 1 atom stereocenters. The molecule has 0 saturated carbocycles. The Bertz CT molecular complexity index is 1280. The van der Waals surface area contributed by atoms with Crippen molar-refractivity contribution < 1.29 is 0 Å². The highest BCUT2D eigenvalue weighted by Gasteiger charge is 2.21. The lowest BCUT2D eigenvalue weighted by Crippen LogP contribution is -2.29. The summed E-state index contributed by atoms with van der Waals surface area (Å²) >= 11 is 0. The Morgan fingerprint density at radius 3 is 2.93 bits per heavy atom. The van der Waals surface area contributed by atoms with Gasteiger partial charge in [0.2, 0.25) is 0 Å². The van der Waals surface area contributed by atoms with Gasteiger partial charge in [-0.25, -0.2) is 19.1 Å². The van der Waals surface area contributed by atoms with Gasteiger partial charge in [0, 0.05) is 18.0 Å². The van der Waals surface area contributed by atoms with Crippen LogP contribution in [0.25, 0.3) is 11.3 Å². The van der Waals surface area contributed by atoms with Crippen molar-refractivity contribution in [3.05, 3.63) is 58.2 Å². The molecule has 28 heavy (non-hydrogen) atoms. The maximum Gasteiger partial charge on any atom is 0.283 e. The van der Waals surface area contributed by atoms with Crippen LogP contribution in [0, 0.1) is 18.3 Å². The molecule has 4 aromatic heterocycles. The number of rotatable bonds is 4. The van der Waals surface area contributed by atoms with E-state index in [1.54, 1.807) is 31.3 Å². The van der Waals surface area contributed by atoms with Crippen LogP contribution in [0.5, 0.6) is 0 Å². The number of nitrogens with one attached hydrogen (secondary N) is 2. The van der Waals surface area contributed by atoms with Crippen molar-refractivity contribution in [2.75, 3.05) is 11.1 Å². The SMILES string of the molecule is Cc1cc(-n2c([C@H](C)Nc3ncnc(N)c3C#N)nn3cccc3c2=O)n[nH]1. The summed E-state index contributed by atoms with van der Waals surface area (Å²) in [4.78, 5) is 21.0. The van der Waals surface area contributed by atoms with Crippen LogP contribution in [-0.4, -0.2) is 34.3 Å². The fourth-order valence-corrected chi connectivity index (χ4v) is 2.91. The van der Waals surface area contributed by atoms with Crippen molar-refractivity contribution in [1.29, 1.82) is 5.26 Å². The molecule has 0 amide bonds. The number of hydrogen-bond donors (Lipinski definition) is 3. The van der Waals surface area contributed by atoms with E-state index in [9.17, 15) is 10.1 Å². The Morgan fingerprint density at radius 1 is 1.39 bits per heavy atom. The van der Waals surface area contributed by atoms with E-state index in [4.69, 9.17) is 5.73 Å². The van der Waals surface area contributed by atoms with Gasteiger partial charge in [0.15, 0.2) is 11.6 Å². The minimum Gasteiger partial charge on any atom is -0.382 e. The van der Waals surface area contributed by atoms with Crippen LogP contribution in [0.15, 0.2) is 35.5 Å². The van der Waals surface area contributed by atoms with Crippen molar-refractivity contribution in [2.24, 2.45) is 0 Å². The highest BCUT2D eigenvalue weighted by Crippen LogP contribution is 2.22. The summed E-state index contributed by atoms with van der Waals surface area (Å²) in [7, 11) is 0. The lowest BCUT2D eigenvalue weighted by atomic mass is 10.2. The van der Waals surface area contributed by atoms with Gasteiger partial charge in [-0.1, -0.05) is 0 Å². The van der Waals surface area contributed by atoms with Gasteiger partial charge in [0.25, 0.3) is 5.56 Å². The molecular weight excluding hydrogens is 360 g/mol. The summed E-state index contributed by atoms with van der Waals surface area (Å²) in [5.74, 6) is 1.14. The fourth-order valence-electron chi connectivity index (χ4n) is 2.91. The van der Waals surface area contributed by atoms with Gasteiger partial charge in [0.05, 0.1) is 6.04 Å². The first-order chi connectivity index (χ1) is 13.5. The summed E-state index contributed by atoms with van der Waals surface area (Å²) in [6.07, 6.45) is 2.95. The third-order valence-electron chi connectivity index (χ3n) is 4.24. The highest BCUT2D eigenvalue weighted by molar-refractivity contribution is 5.62. The number of nitriles is 1. The fraction of sp³-hybridized carbons (Fsp3) is 0.176. The predicted molar refractivity (Wildman–Crippen MR) is 101 cm³/mol. The molecule has 140 valence electrons. The third-order valence-corrected chi connectivity index (χ3v) is 4.24. The molecule has 0 saturated heterocycles.